The van der Waals surface area contributed by atoms with Gasteiger partial charge in [-0.2, -0.15) is 0 Å². The van der Waals surface area contributed by atoms with Gasteiger partial charge in [-0.15, -0.1) is 0 Å². The normalized spacial score (nSPS) is 22.3. The number of rotatable bonds is 11. The van der Waals surface area contributed by atoms with Crippen molar-refractivity contribution in [2.45, 2.75) is 57.2 Å². The van der Waals surface area contributed by atoms with Gasteiger partial charge in [0.15, 0.2) is 0 Å². The Morgan fingerprint density at radius 1 is 1.12 bits per heavy atom. The Morgan fingerprint density at radius 2 is 1.91 bits per heavy atom. The Bertz CT molecular complexity index is 977. The molecule has 0 bridgehead atoms. The number of aliphatic hydroxyl groups excluding tert-OH is 2. The molecule has 5 nitrogen and oxygen atoms in total. The Labute approximate surface area is 189 Å². The average molecular weight is 437 g/mol. The Morgan fingerprint density at radius 3 is 2.69 bits per heavy atom. The lowest BCUT2D eigenvalue weighted by Gasteiger charge is -2.16. The van der Waals surface area contributed by atoms with Crippen molar-refractivity contribution in [1.29, 1.82) is 0 Å². The highest BCUT2D eigenvalue weighted by molar-refractivity contribution is 5.85. The van der Waals surface area contributed by atoms with Crippen molar-refractivity contribution in [2.75, 3.05) is 0 Å². The summed E-state index contributed by atoms with van der Waals surface area (Å²) >= 11 is 0. The van der Waals surface area contributed by atoms with Crippen molar-refractivity contribution in [3.8, 4) is 0 Å². The van der Waals surface area contributed by atoms with Crippen LogP contribution in [0.2, 0.25) is 0 Å². The maximum Gasteiger partial charge on any atom is 0.303 e. The zero-order valence-electron chi connectivity index (χ0n) is 18.3. The molecule has 0 aliphatic heterocycles. The van der Waals surface area contributed by atoms with E-state index in [1.54, 1.807) is 12.2 Å². The fourth-order valence-corrected chi connectivity index (χ4v) is 4.32. The SMILES string of the molecule is O=C(O)CCCC=CC[C@H]1C(=O)C[C@@H](O)[C@@H]1C=CC(O)CCc1ccc2ccccc2c1. The van der Waals surface area contributed by atoms with Crippen molar-refractivity contribution in [2.24, 2.45) is 11.8 Å². The van der Waals surface area contributed by atoms with Gasteiger partial charge in [0.1, 0.15) is 5.78 Å². The van der Waals surface area contributed by atoms with Crippen LogP contribution in [0, 0.1) is 11.8 Å². The van der Waals surface area contributed by atoms with Crippen LogP contribution < -0.4 is 0 Å². The number of aliphatic hydroxyl groups is 2. The van der Waals surface area contributed by atoms with Crippen molar-refractivity contribution >= 4 is 22.5 Å². The van der Waals surface area contributed by atoms with E-state index in [4.69, 9.17) is 5.11 Å². The second kappa shape index (κ2) is 11.7. The topological polar surface area (TPSA) is 94.8 Å². The number of fused-ring (bicyclic) bond motifs is 1. The standard InChI is InChI=1S/C27H32O5/c28-22(14-12-19-11-13-20-7-5-6-8-21(20)17-19)15-16-24-23(25(29)18-26(24)30)9-3-1-2-4-10-27(31)32/h1,3,5-8,11,13,15-17,22-24,26,28,30H,2,4,9-10,12,14,18H2,(H,31,32)/t22?,23-,24-,26-/m1/s1. The van der Waals surface area contributed by atoms with Crippen LogP contribution in [0.3, 0.4) is 0 Å². The summed E-state index contributed by atoms with van der Waals surface area (Å²) in [5, 5.41) is 31.8. The number of ketones is 1. The molecule has 0 amide bonds. The molecule has 3 rings (SSSR count). The summed E-state index contributed by atoms with van der Waals surface area (Å²) < 4.78 is 0. The van der Waals surface area contributed by atoms with Gasteiger partial charge in [0.2, 0.25) is 0 Å². The van der Waals surface area contributed by atoms with E-state index in [0.717, 1.165) is 12.0 Å². The van der Waals surface area contributed by atoms with Gasteiger partial charge in [-0.3, -0.25) is 9.59 Å². The van der Waals surface area contributed by atoms with Gasteiger partial charge in [0.05, 0.1) is 12.2 Å². The summed E-state index contributed by atoms with van der Waals surface area (Å²) in [7, 11) is 0. The van der Waals surface area contributed by atoms with Gasteiger partial charge < -0.3 is 15.3 Å². The highest BCUT2D eigenvalue weighted by Gasteiger charge is 2.39. The minimum atomic E-state index is -0.808. The number of Topliss-reactive ketones (excluding diaryl/α,β-unsaturated/α-hetero) is 1. The number of carbonyl (C=O) groups is 2. The summed E-state index contributed by atoms with van der Waals surface area (Å²) in [6.07, 6.45) is 9.27. The van der Waals surface area contributed by atoms with Crippen molar-refractivity contribution in [3.05, 3.63) is 72.3 Å². The second-order valence-corrected chi connectivity index (χ2v) is 8.59. The summed E-state index contributed by atoms with van der Waals surface area (Å²) in [5.74, 6) is -1.38. The fraction of sp³-hybridized carbons (Fsp3) is 0.407. The first-order chi connectivity index (χ1) is 15.4. The highest BCUT2D eigenvalue weighted by Crippen LogP contribution is 2.33. The minimum absolute atomic E-state index is 0.0352. The van der Waals surface area contributed by atoms with Crippen molar-refractivity contribution in [3.63, 3.8) is 0 Å². The van der Waals surface area contributed by atoms with Crippen LogP contribution in [0.25, 0.3) is 10.8 Å². The number of allylic oxidation sites excluding steroid dienone is 2. The molecule has 5 heteroatoms. The van der Waals surface area contributed by atoms with E-state index in [2.05, 4.69) is 30.3 Å². The third kappa shape index (κ3) is 6.87. The third-order valence-corrected chi connectivity index (χ3v) is 6.15. The molecule has 0 saturated heterocycles. The quantitative estimate of drug-likeness (QED) is 0.357. The van der Waals surface area contributed by atoms with E-state index < -0.39 is 18.2 Å². The monoisotopic (exact) mass is 436 g/mol. The molecule has 0 aromatic heterocycles. The van der Waals surface area contributed by atoms with Crippen LogP contribution in [0.15, 0.2) is 66.8 Å². The Hall–Kier alpha value is -2.76. The molecule has 1 fully saturated rings. The molecule has 2 aromatic carbocycles. The molecule has 0 radical (unpaired) electrons. The van der Waals surface area contributed by atoms with Gasteiger partial charge in [-0.1, -0.05) is 66.8 Å². The van der Waals surface area contributed by atoms with Crippen molar-refractivity contribution < 1.29 is 24.9 Å². The van der Waals surface area contributed by atoms with Gasteiger partial charge in [-0.05, 0) is 48.4 Å². The van der Waals surface area contributed by atoms with Gasteiger partial charge in [0, 0.05) is 24.7 Å². The number of carbonyl (C=O) groups excluding carboxylic acids is 1. The lowest BCUT2D eigenvalue weighted by molar-refractivity contribution is -0.137. The Kier molecular flexibility index (Phi) is 8.77. The van der Waals surface area contributed by atoms with E-state index >= 15 is 0 Å². The van der Waals surface area contributed by atoms with Crippen LogP contribution in [0.5, 0.6) is 0 Å². The number of carboxylic acid groups (broad SMARTS) is 1. The second-order valence-electron chi connectivity index (χ2n) is 8.59. The molecule has 1 unspecified atom stereocenters. The number of aliphatic carboxylic acids is 1. The summed E-state index contributed by atoms with van der Waals surface area (Å²) in [4.78, 5) is 22.8. The van der Waals surface area contributed by atoms with Crippen LogP contribution in [0.4, 0.5) is 0 Å². The molecule has 0 heterocycles. The van der Waals surface area contributed by atoms with Gasteiger partial charge >= 0.3 is 5.97 Å². The molecular formula is C27H32O5. The number of benzene rings is 2. The zero-order valence-corrected chi connectivity index (χ0v) is 18.3. The van der Waals surface area contributed by atoms with Gasteiger partial charge in [-0.25, -0.2) is 0 Å². The number of hydrogen-bond donors (Lipinski definition) is 3. The maximum absolute atomic E-state index is 12.3. The number of carboxylic acids is 1. The first-order valence-electron chi connectivity index (χ1n) is 11.4. The lowest BCUT2D eigenvalue weighted by atomic mass is 9.90. The maximum atomic E-state index is 12.3. The third-order valence-electron chi connectivity index (χ3n) is 6.15. The molecule has 4 atom stereocenters. The molecule has 0 spiro atoms. The molecule has 1 aliphatic carbocycles. The number of unbranched alkanes of at least 4 members (excludes halogenated alkanes) is 1. The summed E-state index contributed by atoms with van der Waals surface area (Å²) in [5.41, 5.74) is 1.16. The largest absolute Gasteiger partial charge is 0.481 e. The average Bonchev–Trinajstić information content (AvgIpc) is 3.04. The van der Waals surface area contributed by atoms with E-state index in [1.165, 1.54) is 10.8 Å². The molecule has 170 valence electrons. The molecular weight excluding hydrogens is 404 g/mol. The van der Waals surface area contributed by atoms with E-state index in [9.17, 15) is 19.8 Å². The molecule has 1 aliphatic rings. The zero-order chi connectivity index (χ0) is 22.9. The highest BCUT2D eigenvalue weighted by atomic mass is 16.4. The molecule has 32 heavy (non-hydrogen) atoms. The van der Waals surface area contributed by atoms with Gasteiger partial charge in [0.25, 0.3) is 0 Å². The lowest BCUT2D eigenvalue weighted by Crippen LogP contribution is -2.19. The van der Waals surface area contributed by atoms with Crippen LogP contribution in [-0.4, -0.2) is 39.3 Å². The summed E-state index contributed by atoms with van der Waals surface area (Å²) in [6, 6.07) is 14.5. The van der Waals surface area contributed by atoms with Crippen LogP contribution >= 0.6 is 0 Å². The smallest absolute Gasteiger partial charge is 0.303 e. The first-order valence-corrected chi connectivity index (χ1v) is 11.4. The number of hydrogen-bond acceptors (Lipinski definition) is 4. The number of aryl methyl sites for hydroxylation is 1. The first kappa shape index (κ1) is 23.9. The minimum Gasteiger partial charge on any atom is -0.481 e. The fourth-order valence-electron chi connectivity index (χ4n) is 4.32. The molecule has 1 saturated carbocycles. The molecule has 3 N–H and O–H groups in total. The van der Waals surface area contributed by atoms with E-state index in [0.29, 0.717) is 25.7 Å². The predicted molar refractivity (Wildman–Crippen MR) is 125 cm³/mol. The summed E-state index contributed by atoms with van der Waals surface area (Å²) in [6.45, 7) is 0. The van der Waals surface area contributed by atoms with Crippen LogP contribution in [0.1, 0.15) is 44.1 Å². The van der Waals surface area contributed by atoms with E-state index in [1.807, 2.05) is 24.3 Å². The van der Waals surface area contributed by atoms with Crippen molar-refractivity contribution in [1.82, 2.24) is 0 Å². The Balaban J connectivity index is 1.51. The van der Waals surface area contributed by atoms with E-state index in [-0.39, 0.29) is 30.5 Å². The van der Waals surface area contributed by atoms with Crippen LogP contribution in [-0.2, 0) is 16.0 Å². The molecule has 2 aromatic rings. The predicted octanol–water partition coefficient (Wildman–Crippen LogP) is 4.46.